The van der Waals surface area contributed by atoms with Crippen molar-refractivity contribution in [3.05, 3.63) is 0 Å². The quantitative estimate of drug-likeness (QED) is 0.451. The minimum atomic E-state index is -1.52. The maximum Gasteiger partial charge on any atom is 0.332 e. The van der Waals surface area contributed by atoms with Gasteiger partial charge in [-0.1, -0.05) is 0 Å². The zero-order valence-corrected chi connectivity index (χ0v) is 14.0. The Morgan fingerprint density at radius 3 is 2.52 bits per heavy atom. The van der Waals surface area contributed by atoms with E-state index in [0.717, 1.165) is 0 Å². The van der Waals surface area contributed by atoms with Crippen molar-refractivity contribution >= 4 is 23.6 Å². The third-order valence-corrected chi connectivity index (χ3v) is 5.00. The van der Waals surface area contributed by atoms with E-state index in [0.29, 0.717) is 0 Å². The minimum Gasteiger partial charge on any atom is -0.432 e. The van der Waals surface area contributed by atoms with Crippen LogP contribution in [0.4, 0.5) is 4.39 Å². The molecule has 0 N–H and O–H groups in total. The van der Waals surface area contributed by atoms with Gasteiger partial charge in [-0.05, 0) is 27.7 Å². The molecule has 0 aromatic carbocycles. The molecule has 0 aromatic rings. The monoisotopic (exact) mass is 319 g/mol. The molecule has 2 aliphatic rings. The molecular formula is C14H22FNO4S. The van der Waals surface area contributed by atoms with Crippen molar-refractivity contribution in [2.45, 2.75) is 75.8 Å². The number of alkyl halides is 1. The van der Waals surface area contributed by atoms with Crippen LogP contribution in [-0.4, -0.2) is 51.0 Å². The number of amides is 1. The highest BCUT2D eigenvalue weighted by molar-refractivity contribution is 8.01. The van der Waals surface area contributed by atoms with Crippen LogP contribution in [0.1, 0.15) is 41.5 Å². The summed E-state index contributed by atoms with van der Waals surface area (Å²) in [5, 5.41) is -0.584. The van der Waals surface area contributed by atoms with Crippen molar-refractivity contribution in [3.8, 4) is 0 Å². The third-order valence-electron chi connectivity index (χ3n) is 3.47. The topological polar surface area (TPSA) is 55.8 Å². The molecule has 2 saturated heterocycles. The second-order valence-corrected chi connectivity index (χ2v) is 8.42. The maximum absolute atomic E-state index is 13.6. The van der Waals surface area contributed by atoms with Crippen molar-refractivity contribution in [1.29, 1.82) is 0 Å². The molecule has 0 saturated carbocycles. The van der Waals surface area contributed by atoms with Crippen LogP contribution in [0.25, 0.3) is 0 Å². The average molecular weight is 319 g/mol. The molecule has 7 heteroatoms. The van der Waals surface area contributed by atoms with Gasteiger partial charge in [0.2, 0.25) is 12.0 Å². The van der Waals surface area contributed by atoms with Gasteiger partial charge >= 0.3 is 5.97 Å². The first-order chi connectivity index (χ1) is 9.46. The zero-order valence-electron chi connectivity index (χ0n) is 13.2. The summed E-state index contributed by atoms with van der Waals surface area (Å²) in [6.07, 6.45) is -1.63. The van der Waals surface area contributed by atoms with Gasteiger partial charge in [-0.25, -0.2) is 9.18 Å². The second-order valence-electron chi connectivity index (χ2n) is 6.65. The second kappa shape index (κ2) is 5.12. The number of fused-ring (bicyclic) bond motifs is 1. The largest absolute Gasteiger partial charge is 0.432 e. The molecule has 0 aliphatic carbocycles. The maximum atomic E-state index is 13.6. The number of rotatable bonds is 4. The number of thioether (sulfide) groups is 1. The zero-order chi connectivity index (χ0) is 16.2. The molecule has 2 heterocycles. The van der Waals surface area contributed by atoms with Crippen LogP contribution >= 0.6 is 11.8 Å². The fraction of sp³-hybridized carbons (Fsp3) is 0.857. The van der Waals surface area contributed by atoms with E-state index in [1.165, 1.54) is 16.7 Å². The van der Waals surface area contributed by atoms with Gasteiger partial charge in [-0.15, -0.1) is 11.8 Å². The first-order valence-corrected chi connectivity index (χ1v) is 7.89. The fourth-order valence-electron chi connectivity index (χ4n) is 2.84. The number of ether oxygens (including phenoxy) is 2. The molecule has 2 aliphatic heterocycles. The van der Waals surface area contributed by atoms with Crippen LogP contribution in [0.3, 0.4) is 0 Å². The lowest BCUT2D eigenvalue weighted by atomic mass is 9.97. The number of nitrogens with zero attached hydrogens (tertiary/aromatic N) is 1. The highest BCUT2D eigenvalue weighted by Gasteiger charge is 2.65. The predicted octanol–water partition coefficient (Wildman–Crippen LogP) is 2.09. The summed E-state index contributed by atoms with van der Waals surface area (Å²) in [7, 11) is 0. The summed E-state index contributed by atoms with van der Waals surface area (Å²) in [6, 6.07) is -0.790. The summed E-state index contributed by atoms with van der Waals surface area (Å²) in [5.74, 6) is -2.28. The van der Waals surface area contributed by atoms with Gasteiger partial charge < -0.3 is 14.4 Å². The van der Waals surface area contributed by atoms with Gasteiger partial charge in [0.25, 0.3) is 5.91 Å². The SMILES string of the molecule is CC(C)OC(C)(C)OC(=O)[C@@H]1N2C(=O)[C@@H](F)[C@H]2SC1(C)C. The Hall–Kier alpha value is -0.820. The third kappa shape index (κ3) is 2.90. The summed E-state index contributed by atoms with van der Waals surface area (Å²) in [4.78, 5) is 25.5. The van der Waals surface area contributed by atoms with Crippen molar-refractivity contribution in [3.63, 3.8) is 0 Å². The Bertz CT molecular complexity index is 466. The van der Waals surface area contributed by atoms with E-state index in [-0.39, 0.29) is 6.10 Å². The van der Waals surface area contributed by atoms with Crippen molar-refractivity contribution in [2.24, 2.45) is 0 Å². The smallest absolute Gasteiger partial charge is 0.332 e. The van der Waals surface area contributed by atoms with E-state index in [1.54, 1.807) is 13.8 Å². The summed E-state index contributed by atoms with van der Waals surface area (Å²) < 4.78 is 23.9. The van der Waals surface area contributed by atoms with Gasteiger partial charge in [-0.2, -0.15) is 0 Å². The van der Waals surface area contributed by atoms with Crippen LogP contribution in [0.5, 0.6) is 0 Å². The fourth-order valence-corrected chi connectivity index (χ4v) is 4.37. The molecule has 2 rings (SSSR count). The Balaban J connectivity index is 2.13. The van der Waals surface area contributed by atoms with Crippen LogP contribution in [0.15, 0.2) is 0 Å². The molecule has 2 fully saturated rings. The molecule has 1 amide bonds. The van der Waals surface area contributed by atoms with Gasteiger partial charge in [-0.3, -0.25) is 4.79 Å². The summed E-state index contributed by atoms with van der Waals surface area (Å²) in [6.45, 7) is 10.6. The first kappa shape index (κ1) is 16.5. The Labute approximate surface area is 128 Å². The minimum absolute atomic E-state index is 0.104. The molecule has 0 bridgehead atoms. The number of hydrogen-bond acceptors (Lipinski definition) is 5. The molecule has 21 heavy (non-hydrogen) atoms. The van der Waals surface area contributed by atoms with Gasteiger partial charge in [0.15, 0.2) is 0 Å². The van der Waals surface area contributed by atoms with Crippen LogP contribution in [-0.2, 0) is 19.1 Å². The van der Waals surface area contributed by atoms with E-state index in [4.69, 9.17) is 9.47 Å². The number of β-lactam (4-membered cyclic amide) rings is 1. The Morgan fingerprint density at radius 1 is 1.43 bits per heavy atom. The molecule has 0 radical (unpaired) electrons. The molecule has 0 unspecified atom stereocenters. The van der Waals surface area contributed by atoms with E-state index in [1.807, 2.05) is 27.7 Å². The van der Waals surface area contributed by atoms with E-state index < -0.39 is 40.0 Å². The van der Waals surface area contributed by atoms with E-state index >= 15 is 0 Å². The van der Waals surface area contributed by atoms with Gasteiger partial charge in [0.05, 0.1) is 6.10 Å². The number of carbonyl (C=O) groups is 2. The highest BCUT2D eigenvalue weighted by atomic mass is 32.2. The molecule has 0 spiro atoms. The van der Waals surface area contributed by atoms with Gasteiger partial charge in [0.1, 0.15) is 11.4 Å². The molecular weight excluding hydrogens is 297 g/mol. The standard InChI is InChI=1S/C14H22FNO4S/c1-7(2)19-14(5,6)20-12(18)9-13(3,4)21-11-8(15)10(17)16(9)11/h7-9,11H,1-6H3/t8-,9+,11-/m1/s1. The van der Waals surface area contributed by atoms with E-state index in [2.05, 4.69) is 0 Å². The van der Waals surface area contributed by atoms with Crippen LogP contribution < -0.4 is 0 Å². The summed E-state index contributed by atoms with van der Waals surface area (Å²) >= 11 is 1.29. The predicted molar refractivity (Wildman–Crippen MR) is 77.4 cm³/mol. The van der Waals surface area contributed by atoms with E-state index in [9.17, 15) is 14.0 Å². The van der Waals surface area contributed by atoms with Crippen LogP contribution in [0, 0.1) is 0 Å². The number of esters is 1. The molecule has 0 aromatic heterocycles. The Kier molecular flexibility index (Phi) is 4.04. The number of halogens is 1. The molecule has 120 valence electrons. The van der Waals surface area contributed by atoms with Crippen molar-refractivity contribution in [1.82, 2.24) is 4.90 Å². The Morgan fingerprint density at radius 2 is 2.00 bits per heavy atom. The first-order valence-electron chi connectivity index (χ1n) is 7.01. The average Bonchev–Trinajstić information content (AvgIpc) is 2.55. The summed E-state index contributed by atoms with van der Waals surface area (Å²) in [5.41, 5.74) is 0. The normalized spacial score (nSPS) is 31.1. The number of carbonyl (C=O) groups excluding carboxylic acids is 2. The van der Waals surface area contributed by atoms with Crippen molar-refractivity contribution in [2.75, 3.05) is 0 Å². The van der Waals surface area contributed by atoms with Gasteiger partial charge in [0, 0.05) is 18.6 Å². The van der Waals surface area contributed by atoms with Crippen molar-refractivity contribution < 1.29 is 23.5 Å². The highest BCUT2D eigenvalue weighted by Crippen LogP contribution is 2.52. The molecule has 3 atom stereocenters. The number of hydrogen-bond donors (Lipinski definition) is 0. The lowest BCUT2D eigenvalue weighted by molar-refractivity contribution is -0.233. The lowest BCUT2D eigenvalue weighted by Gasteiger charge is -2.40. The molecule has 5 nitrogen and oxygen atoms in total. The lowest BCUT2D eigenvalue weighted by Crippen LogP contribution is -2.64. The van der Waals surface area contributed by atoms with Crippen LogP contribution in [0.2, 0.25) is 0 Å².